The summed E-state index contributed by atoms with van der Waals surface area (Å²) in [6.07, 6.45) is 2.16. The van der Waals surface area contributed by atoms with E-state index in [0.717, 1.165) is 12.4 Å². The molecule has 1 unspecified atom stereocenters. The second-order valence-corrected chi connectivity index (χ2v) is 4.15. The fourth-order valence-corrected chi connectivity index (χ4v) is 1.82. The van der Waals surface area contributed by atoms with Crippen LogP contribution in [0.3, 0.4) is 0 Å². The molecule has 0 spiro atoms. The smallest absolute Gasteiger partial charge is 0.0923 e. The van der Waals surface area contributed by atoms with Crippen molar-refractivity contribution in [3.05, 3.63) is 47.8 Å². The summed E-state index contributed by atoms with van der Waals surface area (Å²) < 4.78 is 5.82. The predicted molar refractivity (Wildman–Crippen MR) is 64.6 cm³/mol. The number of rotatable bonds is 4. The maximum Gasteiger partial charge on any atom is 0.0923 e. The van der Waals surface area contributed by atoms with Crippen molar-refractivity contribution in [3.63, 3.8) is 0 Å². The Balaban J connectivity index is 1.82. The lowest BCUT2D eigenvalue weighted by Gasteiger charge is -2.15. The highest BCUT2D eigenvalue weighted by molar-refractivity contribution is 5.16. The molecule has 1 aliphatic rings. The van der Waals surface area contributed by atoms with Crippen molar-refractivity contribution in [2.24, 2.45) is 11.7 Å². The number of benzene rings is 1. The molecule has 2 atom stereocenters. The number of nitrogens with one attached hydrogen (secondary N) is 1. The minimum Gasteiger partial charge on any atom is -0.386 e. The minimum atomic E-state index is 0.136. The molecule has 86 valence electrons. The van der Waals surface area contributed by atoms with Gasteiger partial charge in [-0.05, 0) is 18.6 Å². The van der Waals surface area contributed by atoms with Gasteiger partial charge in [0.05, 0.1) is 18.5 Å². The SMILES string of the molecule is CC(OC[C@H]1C=C(N)NC1)c1ccccc1. The summed E-state index contributed by atoms with van der Waals surface area (Å²) in [5.41, 5.74) is 6.85. The van der Waals surface area contributed by atoms with Crippen LogP contribution in [-0.4, -0.2) is 13.2 Å². The predicted octanol–water partition coefficient (Wildman–Crippen LogP) is 1.78. The number of hydrogen-bond acceptors (Lipinski definition) is 3. The zero-order chi connectivity index (χ0) is 11.4. The van der Waals surface area contributed by atoms with Crippen LogP contribution in [0.15, 0.2) is 42.2 Å². The van der Waals surface area contributed by atoms with Crippen molar-refractivity contribution in [3.8, 4) is 0 Å². The molecule has 3 heteroatoms. The molecule has 3 nitrogen and oxygen atoms in total. The van der Waals surface area contributed by atoms with Gasteiger partial charge < -0.3 is 15.8 Å². The maximum absolute atomic E-state index is 5.82. The first kappa shape index (κ1) is 11.0. The number of ether oxygens (including phenoxy) is 1. The van der Waals surface area contributed by atoms with E-state index in [0.29, 0.717) is 12.5 Å². The van der Waals surface area contributed by atoms with Crippen molar-refractivity contribution in [1.29, 1.82) is 0 Å². The molecule has 0 amide bonds. The summed E-state index contributed by atoms with van der Waals surface area (Å²) in [7, 11) is 0. The lowest BCUT2D eigenvalue weighted by atomic mass is 10.1. The van der Waals surface area contributed by atoms with Crippen LogP contribution in [0.1, 0.15) is 18.6 Å². The second-order valence-electron chi connectivity index (χ2n) is 4.15. The fourth-order valence-electron chi connectivity index (χ4n) is 1.82. The summed E-state index contributed by atoms with van der Waals surface area (Å²) in [5.74, 6) is 1.16. The third kappa shape index (κ3) is 2.76. The van der Waals surface area contributed by atoms with Crippen LogP contribution in [0, 0.1) is 5.92 Å². The highest BCUT2D eigenvalue weighted by Gasteiger charge is 2.15. The van der Waals surface area contributed by atoms with Gasteiger partial charge in [0.1, 0.15) is 0 Å². The monoisotopic (exact) mass is 218 g/mol. The van der Waals surface area contributed by atoms with E-state index in [1.54, 1.807) is 0 Å². The van der Waals surface area contributed by atoms with Gasteiger partial charge in [0.2, 0.25) is 0 Å². The van der Waals surface area contributed by atoms with Gasteiger partial charge in [0.25, 0.3) is 0 Å². The standard InChI is InChI=1S/C13H18N2O/c1-10(12-5-3-2-4-6-12)16-9-11-7-13(14)15-8-11/h2-7,10-11,15H,8-9,14H2,1H3/t10?,11-/m0/s1. The van der Waals surface area contributed by atoms with Crippen molar-refractivity contribution in [2.75, 3.05) is 13.2 Å². The van der Waals surface area contributed by atoms with E-state index in [1.807, 2.05) is 24.3 Å². The molecule has 3 N–H and O–H groups in total. The average Bonchev–Trinajstić information content (AvgIpc) is 2.73. The zero-order valence-corrected chi connectivity index (χ0v) is 9.52. The normalized spacial score (nSPS) is 21.3. The molecular formula is C13H18N2O. The topological polar surface area (TPSA) is 47.3 Å². The van der Waals surface area contributed by atoms with Crippen LogP contribution in [0.2, 0.25) is 0 Å². The van der Waals surface area contributed by atoms with E-state index in [9.17, 15) is 0 Å². The molecule has 0 bridgehead atoms. The van der Waals surface area contributed by atoms with Gasteiger partial charge in [-0.3, -0.25) is 0 Å². The van der Waals surface area contributed by atoms with Crippen molar-refractivity contribution < 1.29 is 4.74 Å². The first-order valence-corrected chi connectivity index (χ1v) is 5.63. The third-order valence-corrected chi connectivity index (χ3v) is 2.81. The third-order valence-electron chi connectivity index (χ3n) is 2.81. The highest BCUT2D eigenvalue weighted by atomic mass is 16.5. The van der Waals surface area contributed by atoms with Gasteiger partial charge in [-0.1, -0.05) is 30.3 Å². The van der Waals surface area contributed by atoms with Gasteiger partial charge in [-0.15, -0.1) is 0 Å². The molecule has 0 aromatic heterocycles. The lowest BCUT2D eigenvalue weighted by molar-refractivity contribution is 0.0510. The Morgan fingerprint density at radius 3 is 2.81 bits per heavy atom. The summed E-state index contributed by atoms with van der Waals surface area (Å²) in [6, 6.07) is 10.2. The summed E-state index contributed by atoms with van der Waals surface area (Å²) in [5, 5.41) is 3.09. The lowest BCUT2D eigenvalue weighted by Crippen LogP contribution is -2.19. The van der Waals surface area contributed by atoms with E-state index in [4.69, 9.17) is 10.5 Å². The largest absolute Gasteiger partial charge is 0.386 e. The van der Waals surface area contributed by atoms with Crippen molar-refractivity contribution in [1.82, 2.24) is 5.32 Å². The van der Waals surface area contributed by atoms with Crippen LogP contribution < -0.4 is 11.1 Å². The Morgan fingerprint density at radius 1 is 1.44 bits per heavy atom. The van der Waals surface area contributed by atoms with E-state index < -0.39 is 0 Å². The van der Waals surface area contributed by atoms with Crippen LogP contribution in [0.25, 0.3) is 0 Å². The first-order valence-electron chi connectivity index (χ1n) is 5.63. The van der Waals surface area contributed by atoms with Crippen LogP contribution in [-0.2, 0) is 4.74 Å². The van der Waals surface area contributed by atoms with E-state index in [-0.39, 0.29) is 6.10 Å². The molecule has 1 aliphatic heterocycles. The molecule has 1 aromatic rings. The molecular weight excluding hydrogens is 200 g/mol. The summed E-state index contributed by atoms with van der Waals surface area (Å²) in [4.78, 5) is 0. The molecule has 1 aromatic carbocycles. The molecule has 0 fully saturated rings. The Kier molecular flexibility index (Phi) is 3.47. The van der Waals surface area contributed by atoms with E-state index in [2.05, 4.69) is 24.4 Å². The van der Waals surface area contributed by atoms with Crippen LogP contribution in [0.5, 0.6) is 0 Å². The number of nitrogens with two attached hydrogens (primary N) is 1. The minimum absolute atomic E-state index is 0.136. The van der Waals surface area contributed by atoms with Crippen LogP contribution in [0.4, 0.5) is 0 Å². The second kappa shape index (κ2) is 5.03. The Morgan fingerprint density at radius 2 is 2.19 bits per heavy atom. The average molecular weight is 218 g/mol. The van der Waals surface area contributed by atoms with Gasteiger partial charge >= 0.3 is 0 Å². The molecule has 2 rings (SSSR count). The fraction of sp³-hybridized carbons (Fsp3) is 0.385. The van der Waals surface area contributed by atoms with Crippen molar-refractivity contribution >= 4 is 0 Å². The summed E-state index contributed by atoms with van der Waals surface area (Å²) >= 11 is 0. The Labute approximate surface area is 96.3 Å². The van der Waals surface area contributed by atoms with Gasteiger partial charge in [-0.25, -0.2) is 0 Å². The molecule has 0 radical (unpaired) electrons. The van der Waals surface area contributed by atoms with Gasteiger partial charge in [0, 0.05) is 12.5 Å². The van der Waals surface area contributed by atoms with E-state index in [1.165, 1.54) is 5.56 Å². The Hall–Kier alpha value is -1.48. The quantitative estimate of drug-likeness (QED) is 0.810. The van der Waals surface area contributed by atoms with Gasteiger partial charge in [0.15, 0.2) is 0 Å². The maximum atomic E-state index is 5.82. The molecule has 0 aliphatic carbocycles. The molecule has 0 saturated heterocycles. The number of hydrogen-bond donors (Lipinski definition) is 2. The molecule has 1 heterocycles. The molecule has 16 heavy (non-hydrogen) atoms. The molecule has 0 saturated carbocycles. The Bertz CT molecular complexity index is 361. The van der Waals surface area contributed by atoms with E-state index >= 15 is 0 Å². The highest BCUT2D eigenvalue weighted by Crippen LogP contribution is 2.18. The summed E-state index contributed by atoms with van der Waals surface area (Å²) in [6.45, 7) is 3.67. The zero-order valence-electron chi connectivity index (χ0n) is 9.52. The van der Waals surface area contributed by atoms with Crippen molar-refractivity contribution in [2.45, 2.75) is 13.0 Å². The van der Waals surface area contributed by atoms with Gasteiger partial charge in [-0.2, -0.15) is 0 Å². The van der Waals surface area contributed by atoms with Crippen LogP contribution >= 0.6 is 0 Å². The first-order chi connectivity index (χ1) is 7.75.